The number of rotatable bonds is 5. The van der Waals surface area contributed by atoms with Gasteiger partial charge in [0.1, 0.15) is 0 Å². The molecule has 1 aromatic rings. The first-order valence-electron chi connectivity index (χ1n) is 7.84. The van der Waals surface area contributed by atoms with Crippen molar-refractivity contribution >= 4 is 5.91 Å². The second-order valence-electron chi connectivity index (χ2n) is 5.92. The molecule has 120 valence electrons. The Hall–Kier alpha value is -2.49. The van der Waals surface area contributed by atoms with Crippen molar-refractivity contribution in [3.8, 4) is 12.3 Å². The molecule has 0 atom stereocenters. The van der Waals surface area contributed by atoms with Crippen LogP contribution in [-0.4, -0.2) is 39.5 Å². The van der Waals surface area contributed by atoms with E-state index < -0.39 is 5.66 Å². The highest BCUT2D eigenvalue weighted by molar-refractivity contribution is 5.76. The number of hydrogen-bond acceptors (Lipinski definition) is 5. The molecule has 7 heteroatoms. The van der Waals surface area contributed by atoms with Gasteiger partial charge in [0.15, 0.2) is 5.66 Å². The summed E-state index contributed by atoms with van der Waals surface area (Å²) in [5.41, 5.74) is 0.963. The first kappa shape index (κ1) is 15.4. The average molecular weight is 313 g/mol. The molecule has 7 nitrogen and oxygen atoms in total. The Morgan fingerprint density at radius 3 is 2.87 bits per heavy atom. The smallest absolute Gasteiger partial charge is 0.254 e. The molecule has 2 aliphatic rings. The predicted molar refractivity (Wildman–Crippen MR) is 83.7 cm³/mol. The second-order valence-corrected chi connectivity index (χ2v) is 5.92. The van der Waals surface area contributed by atoms with Crippen molar-refractivity contribution in [2.24, 2.45) is 10.2 Å². The summed E-state index contributed by atoms with van der Waals surface area (Å²) < 4.78 is 0. The van der Waals surface area contributed by atoms with E-state index in [0.29, 0.717) is 57.2 Å². The minimum atomic E-state index is -0.421. The average Bonchev–Trinajstić information content (AvgIpc) is 3.35. The Balaban J connectivity index is 1.55. The fourth-order valence-corrected chi connectivity index (χ4v) is 2.92. The third-order valence-corrected chi connectivity index (χ3v) is 4.43. The largest absolute Gasteiger partial charge is 0.342 e. The third kappa shape index (κ3) is 3.47. The highest BCUT2D eigenvalue weighted by Crippen LogP contribution is 2.37. The zero-order valence-electron chi connectivity index (χ0n) is 12.9. The lowest BCUT2D eigenvalue weighted by molar-refractivity contribution is -0.131. The summed E-state index contributed by atoms with van der Waals surface area (Å²) in [6.45, 7) is 1.14. The van der Waals surface area contributed by atoms with Crippen LogP contribution in [0.5, 0.6) is 0 Å². The number of H-pyrrole nitrogens is 1. The van der Waals surface area contributed by atoms with E-state index in [0.717, 1.165) is 5.69 Å². The van der Waals surface area contributed by atoms with Crippen molar-refractivity contribution in [2.45, 2.75) is 44.2 Å². The summed E-state index contributed by atoms with van der Waals surface area (Å²) in [5, 5.41) is 8.11. The Morgan fingerprint density at radius 2 is 2.13 bits per heavy atom. The van der Waals surface area contributed by atoms with Gasteiger partial charge in [0.25, 0.3) is 5.56 Å². The minimum Gasteiger partial charge on any atom is -0.342 e. The van der Waals surface area contributed by atoms with E-state index in [2.05, 4.69) is 26.1 Å². The van der Waals surface area contributed by atoms with Crippen molar-refractivity contribution in [1.82, 2.24) is 14.9 Å². The van der Waals surface area contributed by atoms with Gasteiger partial charge in [-0.2, -0.15) is 10.2 Å². The maximum Gasteiger partial charge on any atom is 0.254 e. The van der Waals surface area contributed by atoms with Gasteiger partial charge in [-0.3, -0.25) is 9.59 Å². The highest BCUT2D eigenvalue weighted by atomic mass is 16.2. The van der Waals surface area contributed by atoms with E-state index in [-0.39, 0.29) is 11.5 Å². The maximum atomic E-state index is 12.4. The van der Waals surface area contributed by atoms with Gasteiger partial charge < -0.3 is 9.88 Å². The van der Waals surface area contributed by atoms with Gasteiger partial charge in [0.2, 0.25) is 5.91 Å². The molecule has 0 aromatic carbocycles. The van der Waals surface area contributed by atoms with Gasteiger partial charge >= 0.3 is 0 Å². The number of carbonyl (C=O) groups excluding carboxylic acids is 1. The quantitative estimate of drug-likeness (QED) is 0.824. The molecule has 0 radical (unpaired) electrons. The lowest BCUT2D eigenvalue weighted by Crippen LogP contribution is -2.34. The zero-order chi connectivity index (χ0) is 16.3. The van der Waals surface area contributed by atoms with Crippen molar-refractivity contribution in [3.05, 3.63) is 27.9 Å². The summed E-state index contributed by atoms with van der Waals surface area (Å²) in [4.78, 5) is 32.9. The minimum absolute atomic E-state index is 0.0756. The molecule has 0 fully saturated rings. The van der Waals surface area contributed by atoms with Crippen LogP contribution in [0.2, 0.25) is 0 Å². The van der Waals surface area contributed by atoms with Gasteiger partial charge in [-0.05, 0) is 6.42 Å². The molecule has 0 saturated carbocycles. The van der Waals surface area contributed by atoms with Crippen LogP contribution in [0, 0.1) is 12.3 Å². The molecule has 23 heavy (non-hydrogen) atoms. The molecule has 1 N–H and O–H groups in total. The number of terminal acetylenes is 1. The first-order chi connectivity index (χ1) is 11.1. The van der Waals surface area contributed by atoms with E-state index in [1.54, 1.807) is 4.90 Å². The van der Waals surface area contributed by atoms with Crippen molar-refractivity contribution in [3.63, 3.8) is 0 Å². The van der Waals surface area contributed by atoms with Crippen molar-refractivity contribution in [1.29, 1.82) is 0 Å². The summed E-state index contributed by atoms with van der Waals surface area (Å²) in [6, 6.07) is 0. The molecule has 3 heterocycles. The molecule has 0 bridgehead atoms. The van der Waals surface area contributed by atoms with Crippen LogP contribution < -0.4 is 5.56 Å². The van der Waals surface area contributed by atoms with Gasteiger partial charge in [-0.1, -0.05) is 0 Å². The van der Waals surface area contributed by atoms with Crippen LogP contribution in [0.15, 0.2) is 21.4 Å². The van der Waals surface area contributed by atoms with E-state index in [4.69, 9.17) is 6.42 Å². The van der Waals surface area contributed by atoms with Crippen LogP contribution in [0.3, 0.4) is 0 Å². The van der Waals surface area contributed by atoms with Crippen LogP contribution >= 0.6 is 0 Å². The van der Waals surface area contributed by atoms with Crippen molar-refractivity contribution < 1.29 is 4.79 Å². The molecule has 1 amide bonds. The van der Waals surface area contributed by atoms with Gasteiger partial charge in [0, 0.05) is 50.8 Å². The molecule has 2 aliphatic heterocycles. The number of amides is 1. The normalized spacial score (nSPS) is 18.0. The molecule has 0 aliphatic carbocycles. The van der Waals surface area contributed by atoms with Gasteiger partial charge in [-0.25, -0.2) is 4.98 Å². The topological polar surface area (TPSA) is 90.8 Å². The Kier molecular flexibility index (Phi) is 4.24. The Labute approximate surface area is 134 Å². The number of nitrogens with zero attached hydrogens (tertiary/aromatic N) is 4. The fraction of sp³-hybridized carbons (Fsp3) is 0.562. The molecular weight excluding hydrogens is 294 g/mol. The van der Waals surface area contributed by atoms with Crippen LogP contribution in [-0.2, 0) is 17.6 Å². The summed E-state index contributed by atoms with van der Waals surface area (Å²) in [5.74, 6) is 2.66. The van der Waals surface area contributed by atoms with Crippen LogP contribution in [0.25, 0.3) is 0 Å². The standard InChI is InChI=1S/C16H19N5O2/c1-2-3-7-16(19-20-16)8-4-14(22)21-9-5-12-13(6-10-21)17-11-18-15(12)23/h1,11H,3-10H2,(H,17,18,23). The summed E-state index contributed by atoms with van der Waals surface area (Å²) in [6.07, 6.45) is 10.2. The molecule has 0 spiro atoms. The SMILES string of the molecule is C#CCCC1(CCC(=O)N2CCc3nc[nH]c(=O)c3CC2)N=N1. The first-order valence-corrected chi connectivity index (χ1v) is 7.84. The molecule has 0 saturated heterocycles. The number of carbonyl (C=O) groups is 1. The third-order valence-electron chi connectivity index (χ3n) is 4.43. The lowest BCUT2D eigenvalue weighted by atomic mass is 10.0. The highest BCUT2D eigenvalue weighted by Gasteiger charge is 2.39. The number of hydrogen-bond donors (Lipinski definition) is 1. The lowest BCUT2D eigenvalue weighted by Gasteiger charge is -2.20. The van der Waals surface area contributed by atoms with Crippen LogP contribution in [0.4, 0.5) is 0 Å². The van der Waals surface area contributed by atoms with E-state index >= 15 is 0 Å². The summed E-state index contributed by atoms with van der Waals surface area (Å²) in [7, 11) is 0. The number of aromatic nitrogens is 2. The number of fused-ring (bicyclic) bond motifs is 1. The molecule has 0 unspecified atom stereocenters. The van der Waals surface area contributed by atoms with E-state index in [1.807, 2.05) is 0 Å². The Bertz CT molecular complexity index is 725. The van der Waals surface area contributed by atoms with E-state index in [9.17, 15) is 9.59 Å². The molecular formula is C16H19N5O2. The van der Waals surface area contributed by atoms with E-state index in [1.165, 1.54) is 6.33 Å². The zero-order valence-corrected chi connectivity index (χ0v) is 12.9. The molecule has 1 aromatic heterocycles. The maximum absolute atomic E-state index is 12.4. The summed E-state index contributed by atoms with van der Waals surface area (Å²) >= 11 is 0. The number of nitrogens with one attached hydrogen (secondary N) is 1. The van der Waals surface area contributed by atoms with Crippen LogP contribution in [0.1, 0.15) is 36.9 Å². The van der Waals surface area contributed by atoms with Gasteiger partial charge in [-0.15, -0.1) is 12.3 Å². The fourth-order valence-electron chi connectivity index (χ4n) is 2.92. The van der Waals surface area contributed by atoms with Gasteiger partial charge in [0.05, 0.1) is 12.0 Å². The number of aromatic amines is 1. The predicted octanol–water partition coefficient (Wildman–Crippen LogP) is 1.05. The molecule has 3 rings (SSSR count). The van der Waals surface area contributed by atoms with Crippen molar-refractivity contribution in [2.75, 3.05) is 13.1 Å². The Morgan fingerprint density at radius 1 is 1.35 bits per heavy atom. The second kappa shape index (κ2) is 6.32. The monoisotopic (exact) mass is 313 g/mol.